The smallest absolute Gasteiger partial charge is 0.176 e. The van der Waals surface area contributed by atoms with Crippen LogP contribution in [-0.4, -0.2) is 39.9 Å². The Balaban J connectivity index is 1.00. The van der Waals surface area contributed by atoms with Gasteiger partial charge in [-0.3, -0.25) is 0 Å². The van der Waals surface area contributed by atoms with Crippen molar-refractivity contribution in [1.82, 2.24) is 39.9 Å². The van der Waals surface area contributed by atoms with Crippen LogP contribution in [0.2, 0.25) is 0 Å². The van der Waals surface area contributed by atoms with Gasteiger partial charge in [-0.15, -0.1) is 0 Å². The van der Waals surface area contributed by atoms with Crippen molar-refractivity contribution in [3.05, 3.63) is 288 Å². The van der Waals surface area contributed by atoms with Gasteiger partial charge in [-0.25, -0.2) is 19.9 Å². The van der Waals surface area contributed by atoms with Crippen LogP contribution in [-0.2, 0) is 0 Å². The Kier molecular flexibility index (Phi) is 12.6. The maximum atomic E-state index is 7.24. The van der Waals surface area contributed by atoms with Gasteiger partial charge in [-0.05, 0) is 189 Å². The standard InChI is InChI=1S/C84H52N8O4/c1-5-13-51(14-6-1)77-61-29-37-69(85-61)81-71-39-31-63(87-71)78(52-15-7-2-8-16-52)64-32-40-72(88-64)82(70-38-30-62(77)86-70)94-58-26-22-50-24-28-60(48-56(50)46-58)96-84-74-42-34-66(90-74)79(53-17-9-3-10-18-53)65-33-41-73(89-65)83(95-59-27-23-49-21-25-57(93-81)45-55(49)47-59)75-43-35-67(91-75)80(54-19-11-4-12-20-54)68-36-44-76(84)92-68/h1-48,85,88-89,92H. The first-order valence-corrected chi connectivity index (χ1v) is 31.8. The summed E-state index contributed by atoms with van der Waals surface area (Å²) in [5, 5.41) is 3.75. The number of nitrogens with one attached hydrogen (secondary N) is 4. The van der Waals surface area contributed by atoms with Crippen molar-refractivity contribution in [2.45, 2.75) is 0 Å². The second kappa shape index (κ2) is 22.2. The summed E-state index contributed by atoms with van der Waals surface area (Å²) < 4.78 is 29.0. The van der Waals surface area contributed by atoms with Crippen LogP contribution in [0.3, 0.4) is 0 Å². The minimum atomic E-state index is 0.529. The molecule has 0 spiro atoms. The molecule has 0 unspecified atom stereocenters. The Morgan fingerprint density at radius 1 is 0.198 bits per heavy atom. The highest BCUT2D eigenvalue weighted by molar-refractivity contribution is 6.02. The molecular formula is C84H52N8O4. The van der Waals surface area contributed by atoms with E-state index in [0.717, 1.165) is 111 Å². The summed E-state index contributed by atoms with van der Waals surface area (Å²) in [6.45, 7) is 0. The highest BCUT2D eigenvalue weighted by Crippen LogP contribution is 2.39. The monoisotopic (exact) mass is 1240 g/mol. The quantitative estimate of drug-likeness (QED) is 0.135. The van der Waals surface area contributed by atoms with Crippen molar-refractivity contribution >= 4 is 159 Å². The van der Waals surface area contributed by atoms with Gasteiger partial charge in [0.25, 0.3) is 0 Å². The van der Waals surface area contributed by atoms with E-state index in [9.17, 15) is 0 Å². The lowest BCUT2D eigenvalue weighted by Crippen LogP contribution is -1.87. The Labute approximate surface area is 546 Å². The summed E-state index contributed by atoms with van der Waals surface area (Å²) in [5.74, 6) is 0. The zero-order valence-corrected chi connectivity index (χ0v) is 51.1. The number of hydrogen-bond acceptors (Lipinski definition) is 8. The van der Waals surface area contributed by atoms with Gasteiger partial charge in [0.1, 0.15) is 45.1 Å². The zero-order chi connectivity index (χ0) is 63.2. The number of aromatic amines is 4. The second-order valence-corrected chi connectivity index (χ2v) is 24.0. The van der Waals surface area contributed by atoms with E-state index in [1.165, 1.54) is 0 Å². The second-order valence-electron chi connectivity index (χ2n) is 24.0. The fraction of sp³-hybridized carbons (Fsp3) is 0. The molecule has 0 fully saturated rings. The number of aromatic nitrogens is 8. The number of fused-ring (bicyclic) bond motifs is 4. The summed E-state index contributed by atoms with van der Waals surface area (Å²) in [4.78, 5) is 37.1. The van der Waals surface area contributed by atoms with Gasteiger partial charge in [-0.1, -0.05) is 146 Å². The molecular weight excluding hydrogens is 1180 g/mol. The minimum absolute atomic E-state index is 0.529. The fourth-order valence-corrected chi connectivity index (χ4v) is 13.5. The van der Waals surface area contributed by atoms with Gasteiger partial charge in [0, 0.05) is 44.3 Å². The first-order chi connectivity index (χ1) is 47.5. The summed E-state index contributed by atoms with van der Waals surface area (Å²) in [6.07, 6.45) is 16.3. The average molecular weight is 1240 g/mol. The van der Waals surface area contributed by atoms with Crippen molar-refractivity contribution in [1.29, 1.82) is 0 Å². The van der Waals surface area contributed by atoms with E-state index in [-0.39, 0.29) is 0 Å². The molecule has 4 aliphatic rings. The van der Waals surface area contributed by atoms with Crippen molar-refractivity contribution in [3.63, 3.8) is 0 Å². The molecule has 4 N–H and O–H groups in total. The molecule has 20 rings (SSSR count). The predicted octanol–water partition coefficient (Wildman–Crippen LogP) is 22.4. The van der Waals surface area contributed by atoms with Crippen LogP contribution in [0.25, 0.3) is 203 Å². The van der Waals surface area contributed by atoms with Crippen LogP contribution in [0.4, 0.5) is 0 Å². The van der Waals surface area contributed by atoms with Gasteiger partial charge in [0.15, 0.2) is 22.3 Å². The van der Waals surface area contributed by atoms with E-state index in [4.69, 9.17) is 37.6 Å². The van der Waals surface area contributed by atoms with Crippen LogP contribution in [0.1, 0.15) is 45.6 Å². The molecule has 8 aromatic heterocycles. The van der Waals surface area contributed by atoms with E-state index in [2.05, 4.69) is 166 Å². The average Bonchev–Trinajstić information content (AvgIpc) is 1.62. The number of rotatable bonds is 4. The van der Waals surface area contributed by atoms with E-state index in [1.54, 1.807) is 0 Å². The molecule has 16 aromatic rings. The molecule has 0 aliphatic carbocycles. The highest BCUT2D eigenvalue weighted by Gasteiger charge is 2.20. The normalized spacial score (nSPS) is 12.4. The van der Waals surface area contributed by atoms with Crippen molar-refractivity contribution in [2.75, 3.05) is 0 Å². The molecule has 0 saturated carbocycles. The Hall–Kier alpha value is -13.3. The molecule has 12 nitrogen and oxygen atoms in total. The van der Waals surface area contributed by atoms with Crippen LogP contribution in [0, 0.1) is 0 Å². The summed E-state index contributed by atoms with van der Waals surface area (Å²) in [6, 6.07) is 82.3. The fourth-order valence-electron chi connectivity index (χ4n) is 13.5. The van der Waals surface area contributed by atoms with Crippen molar-refractivity contribution < 1.29 is 17.7 Å². The van der Waals surface area contributed by atoms with E-state index >= 15 is 0 Å². The maximum absolute atomic E-state index is 7.24. The molecule has 12 heterocycles. The van der Waals surface area contributed by atoms with Gasteiger partial charge < -0.3 is 37.6 Å². The van der Waals surface area contributed by atoms with Crippen LogP contribution < -0.4 is 0 Å². The van der Waals surface area contributed by atoms with Crippen LogP contribution in [0.5, 0.6) is 0 Å². The number of H-pyrrole nitrogens is 4. The number of nitrogens with zero attached hydrogens (tertiary/aromatic N) is 4. The summed E-state index contributed by atoms with van der Waals surface area (Å²) >= 11 is 0. The molecule has 452 valence electrons. The largest absolute Gasteiger partial charge is 0.453 e. The van der Waals surface area contributed by atoms with Gasteiger partial charge in [0.05, 0.1) is 44.8 Å². The maximum Gasteiger partial charge on any atom is 0.176 e. The van der Waals surface area contributed by atoms with Crippen molar-refractivity contribution in [2.24, 2.45) is 0 Å². The SMILES string of the molecule is C1=Cc2nc1c(-c1ccccc1)c1ccc([nH]1)c1oc3ccc4ccc(cc4c3)oc3c4nc(c(-c5ccccc5)c5ccc([nH]5)c(oc5ccc6ccc(cc6c5)oc2c2ccc([nH]2)c(-c2ccccc2)c2nc1C=C2)c1nc(c(-c2ccccc2)c2ccc3[nH]2)C=C1)C=C4. The molecule has 12 heteroatoms. The lowest BCUT2D eigenvalue weighted by atomic mass is 10.0. The number of benzene rings is 8. The molecule has 0 saturated heterocycles. The van der Waals surface area contributed by atoms with Crippen LogP contribution >= 0.6 is 0 Å². The Bertz CT molecular complexity index is 5670. The minimum Gasteiger partial charge on any atom is -0.453 e. The third-order valence-electron chi connectivity index (χ3n) is 18.0. The predicted molar refractivity (Wildman–Crippen MR) is 391 cm³/mol. The first kappa shape index (κ1) is 54.4. The summed E-state index contributed by atoms with van der Waals surface area (Å²) in [5.41, 5.74) is 23.6. The number of hydrogen-bond donors (Lipinski definition) is 4. The zero-order valence-electron chi connectivity index (χ0n) is 51.1. The first-order valence-electron chi connectivity index (χ1n) is 31.8. The summed E-state index contributed by atoms with van der Waals surface area (Å²) in [7, 11) is 0. The molecule has 8 aromatic carbocycles. The molecule has 0 atom stereocenters. The molecule has 4 aliphatic heterocycles. The lowest BCUT2D eigenvalue weighted by Gasteiger charge is -2.04. The Morgan fingerprint density at radius 2 is 0.417 bits per heavy atom. The molecule has 0 amide bonds. The van der Waals surface area contributed by atoms with Gasteiger partial charge in [0.2, 0.25) is 0 Å². The van der Waals surface area contributed by atoms with Gasteiger partial charge >= 0.3 is 0 Å². The van der Waals surface area contributed by atoms with Gasteiger partial charge in [-0.2, -0.15) is 0 Å². The van der Waals surface area contributed by atoms with Crippen molar-refractivity contribution in [3.8, 4) is 44.5 Å². The highest BCUT2D eigenvalue weighted by atomic mass is 16.3. The molecule has 26 bridgehead atoms. The van der Waals surface area contributed by atoms with Crippen LogP contribution in [0.15, 0.2) is 260 Å². The third-order valence-corrected chi connectivity index (χ3v) is 18.0. The van der Waals surface area contributed by atoms with E-state index < -0.39 is 0 Å². The lowest BCUT2D eigenvalue weighted by molar-refractivity contribution is 0.654. The third kappa shape index (κ3) is 9.63. The van der Waals surface area contributed by atoms with E-state index in [0.29, 0.717) is 89.5 Å². The van der Waals surface area contributed by atoms with E-state index in [1.807, 2.05) is 146 Å². The topological polar surface area (TPSA) is 167 Å². The molecule has 96 heavy (non-hydrogen) atoms. The molecule has 0 radical (unpaired) electrons. The Morgan fingerprint density at radius 3 is 0.656 bits per heavy atom.